The Morgan fingerprint density at radius 1 is 0.773 bits per heavy atom. The van der Waals surface area contributed by atoms with Crippen molar-refractivity contribution in [3.63, 3.8) is 0 Å². The summed E-state index contributed by atoms with van der Waals surface area (Å²) in [6.07, 6.45) is 17.3. The van der Waals surface area contributed by atoms with E-state index in [2.05, 4.69) is 16.7 Å². The molecule has 0 atom stereocenters. The molecule has 0 saturated heterocycles. The lowest BCUT2D eigenvalue weighted by Crippen LogP contribution is -2.54. The molecule has 3 aliphatic rings. The van der Waals surface area contributed by atoms with Crippen LogP contribution in [0, 0.1) is 5.41 Å². The number of guanidine groups is 1. The van der Waals surface area contributed by atoms with Crippen LogP contribution in [-0.4, -0.2) is 40.4 Å². The Hall–Kier alpha value is -0.730. The van der Waals surface area contributed by atoms with Crippen LogP contribution in [0.25, 0.3) is 0 Å². The van der Waals surface area contributed by atoms with Gasteiger partial charge < -0.3 is 9.80 Å². The Bertz CT molecular complexity index is 334. The van der Waals surface area contributed by atoms with E-state index in [0.717, 1.165) is 12.5 Å². The molecule has 0 amide bonds. The number of rotatable bonds is 5. The summed E-state index contributed by atoms with van der Waals surface area (Å²) in [6, 6.07) is 1.98. The number of nitrogens with one attached hydrogen (secondary N) is 1. The van der Waals surface area contributed by atoms with Gasteiger partial charge in [0, 0.05) is 24.7 Å². The summed E-state index contributed by atoms with van der Waals surface area (Å²) in [6.45, 7) is 3.35. The highest BCUT2D eigenvalue weighted by Crippen LogP contribution is 2.34. The van der Waals surface area contributed by atoms with Crippen LogP contribution >= 0.6 is 0 Å². The van der Waals surface area contributed by atoms with Gasteiger partial charge in [0.25, 0.3) is 0 Å². The van der Waals surface area contributed by atoms with Gasteiger partial charge in [0.05, 0.1) is 0 Å². The molecule has 0 aliphatic heterocycles. The van der Waals surface area contributed by atoms with E-state index in [1.54, 1.807) is 0 Å². The molecule has 3 heteroatoms. The lowest BCUT2D eigenvalue weighted by Gasteiger charge is -2.43. The highest BCUT2D eigenvalue weighted by Gasteiger charge is 2.36. The third-order valence-electron chi connectivity index (χ3n) is 6.18. The van der Waals surface area contributed by atoms with Crippen LogP contribution in [0.3, 0.4) is 0 Å². The number of hydrogen-bond donors (Lipinski definition) is 1. The van der Waals surface area contributed by atoms with Crippen LogP contribution < -0.4 is 0 Å². The monoisotopic (exact) mass is 305 g/mol. The molecule has 22 heavy (non-hydrogen) atoms. The SMILES string of the molecule is CCCN(C(=N)N(C1CCCC1)C1CCCC1)C1CCCC1. The highest BCUT2D eigenvalue weighted by molar-refractivity contribution is 5.78. The van der Waals surface area contributed by atoms with Crippen molar-refractivity contribution in [3.05, 3.63) is 0 Å². The molecule has 0 aromatic carbocycles. The van der Waals surface area contributed by atoms with Gasteiger partial charge in [-0.1, -0.05) is 45.4 Å². The standard InChI is InChI=1S/C19H35N3/c1-2-15-21(16-9-3-4-10-16)19(20)22(17-11-5-6-12-17)18-13-7-8-14-18/h16-18,20H,2-15H2,1H3. The van der Waals surface area contributed by atoms with Gasteiger partial charge in [0.15, 0.2) is 5.96 Å². The van der Waals surface area contributed by atoms with Gasteiger partial charge in [-0.15, -0.1) is 0 Å². The molecule has 3 aliphatic carbocycles. The number of hydrogen-bond acceptors (Lipinski definition) is 1. The molecular formula is C19H35N3. The summed E-state index contributed by atoms with van der Waals surface area (Å²) in [5.74, 6) is 0.896. The van der Waals surface area contributed by atoms with Gasteiger partial charge in [-0.25, -0.2) is 0 Å². The van der Waals surface area contributed by atoms with E-state index >= 15 is 0 Å². The fourth-order valence-corrected chi connectivity index (χ4v) is 5.08. The molecule has 3 saturated carbocycles. The summed E-state index contributed by atoms with van der Waals surface area (Å²) in [5.41, 5.74) is 0. The maximum Gasteiger partial charge on any atom is 0.194 e. The minimum atomic E-state index is 0.651. The van der Waals surface area contributed by atoms with E-state index in [-0.39, 0.29) is 0 Å². The predicted octanol–water partition coefficient (Wildman–Crippen LogP) is 4.76. The van der Waals surface area contributed by atoms with E-state index in [1.165, 1.54) is 83.5 Å². The minimum Gasteiger partial charge on any atom is -0.340 e. The largest absolute Gasteiger partial charge is 0.340 e. The van der Waals surface area contributed by atoms with Crippen molar-refractivity contribution in [2.75, 3.05) is 6.54 Å². The molecule has 0 bridgehead atoms. The topological polar surface area (TPSA) is 30.3 Å². The van der Waals surface area contributed by atoms with Crippen LogP contribution in [0.15, 0.2) is 0 Å². The van der Waals surface area contributed by atoms with Crippen LogP contribution in [0.4, 0.5) is 0 Å². The summed E-state index contributed by atoms with van der Waals surface area (Å²) in [7, 11) is 0. The van der Waals surface area contributed by atoms with E-state index in [1.807, 2.05) is 0 Å². The third kappa shape index (κ3) is 3.44. The molecule has 0 aromatic heterocycles. The quantitative estimate of drug-likeness (QED) is 0.586. The first-order valence-electron chi connectivity index (χ1n) is 9.94. The normalized spacial score (nSPS) is 24.2. The third-order valence-corrected chi connectivity index (χ3v) is 6.18. The summed E-state index contributed by atoms with van der Waals surface area (Å²) < 4.78 is 0. The first kappa shape index (κ1) is 16.1. The molecule has 1 N–H and O–H groups in total. The van der Waals surface area contributed by atoms with Crippen molar-refractivity contribution in [2.45, 2.75) is 109 Å². The molecule has 0 unspecified atom stereocenters. The molecule has 3 rings (SSSR count). The Kier molecular flexibility index (Phi) is 5.65. The predicted molar refractivity (Wildman–Crippen MR) is 93.3 cm³/mol. The first-order chi connectivity index (χ1) is 10.8. The molecular weight excluding hydrogens is 270 g/mol. The van der Waals surface area contributed by atoms with Crippen molar-refractivity contribution >= 4 is 5.96 Å². The summed E-state index contributed by atoms with van der Waals surface area (Å²) in [4.78, 5) is 5.08. The fourth-order valence-electron chi connectivity index (χ4n) is 5.08. The lowest BCUT2D eigenvalue weighted by atomic mass is 10.1. The average molecular weight is 306 g/mol. The zero-order valence-corrected chi connectivity index (χ0v) is 14.5. The fraction of sp³-hybridized carbons (Fsp3) is 0.947. The summed E-state index contributed by atoms with van der Waals surface area (Å²) in [5, 5.41) is 9.05. The molecule has 0 radical (unpaired) electrons. The van der Waals surface area contributed by atoms with E-state index in [9.17, 15) is 0 Å². The second-order valence-corrected chi connectivity index (χ2v) is 7.74. The van der Waals surface area contributed by atoms with Gasteiger partial charge in [-0.3, -0.25) is 5.41 Å². The van der Waals surface area contributed by atoms with Gasteiger partial charge in [0.1, 0.15) is 0 Å². The smallest absolute Gasteiger partial charge is 0.194 e. The zero-order chi connectivity index (χ0) is 15.4. The maximum atomic E-state index is 9.05. The Balaban J connectivity index is 1.75. The van der Waals surface area contributed by atoms with Gasteiger partial charge in [0.2, 0.25) is 0 Å². The van der Waals surface area contributed by atoms with Crippen LogP contribution in [0.5, 0.6) is 0 Å². The maximum absolute atomic E-state index is 9.05. The Labute approximate surface area is 136 Å². The van der Waals surface area contributed by atoms with E-state index in [0.29, 0.717) is 18.1 Å². The van der Waals surface area contributed by atoms with Crippen LogP contribution in [0.2, 0.25) is 0 Å². The second kappa shape index (κ2) is 7.70. The second-order valence-electron chi connectivity index (χ2n) is 7.74. The van der Waals surface area contributed by atoms with Crippen molar-refractivity contribution in [1.29, 1.82) is 5.41 Å². The van der Waals surface area contributed by atoms with Gasteiger partial charge in [-0.05, 0) is 44.9 Å². The molecule has 0 heterocycles. The molecule has 0 aromatic rings. The van der Waals surface area contributed by atoms with Crippen molar-refractivity contribution in [2.24, 2.45) is 0 Å². The van der Waals surface area contributed by atoms with Crippen LogP contribution in [-0.2, 0) is 0 Å². The van der Waals surface area contributed by atoms with E-state index in [4.69, 9.17) is 5.41 Å². The average Bonchev–Trinajstić information content (AvgIpc) is 3.27. The molecule has 3 fully saturated rings. The van der Waals surface area contributed by atoms with E-state index < -0.39 is 0 Å². The Morgan fingerprint density at radius 2 is 1.18 bits per heavy atom. The molecule has 126 valence electrons. The summed E-state index contributed by atoms with van der Waals surface area (Å²) >= 11 is 0. The molecule has 0 spiro atoms. The highest BCUT2D eigenvalue weighted by atomic mass is 15.4. The van der Waals surface area contributed by atoms with Crippen molar-refractivity contribution in [1.82, 2.24) is 9.80 Å². The van der Waals surface area contributed by atoms with Gasteiger partial charge in [-0.2, -0.15) is 0 Å². The minimum absolute atomic E-state index is 0.651. The van der Waals surface area contributed by atoms with Crippen molar-refractivity contribution in [3.8, 4) is 0 Å². The van der Waals surface area contributed by atoms with Crippen molar-refractivity contribution < 1.29 is 0 Å². The van der Waals surface area contributed by atoms with Crippen LogP contribution in [0.1, 0.15) is 90.4 Å². The molecule has 3 nitrogen and oxygen atoms in total. The first-order valence-corrected chi connectivity index (χ1v) is 9.94. The number of nitrogens with zero attached hydrogens (tertiary/aromatic N) is 2. The zero-order valence-electron chi connectivity index (χ0n) is 14.5. The lowest BCUT2D eigenvalue weighted by molar-refractivity contribution is 0.181. The Morgan fingerprint density at radius 3 is 1.59 bits per heavy atom. The van der Waals surface area contributed by atoms with Gasteiger partial charge >= 0.3 is 0 Å².